The Morgan fingerprint density at radius 2 is 1.90 bits per heavy atom. The summed E-state index contributed by atoms with van der Waals surface area (Å²) in [6, 6.07) is 8.32. The number of fused-ring (bicyclic) bond motifs is 1. The monoisotopic (exact) mass is 407 g/mol. The molecule has 1 unspecified atom stereocenters. The van der Waals surface area contributed by atoms with Gasteiger partial charge in [-0.2, -0.15) is 13.2 Å². The molecule has 1 N–H and O–H groups in total. The van der Waals surface area contributed by atoms with E-state index in [0.29, 0.717) is 12.0 Å². The Hall–Kier alpha value is -3.07. The summed E-state index contributed by atoms with van der Waals surface area (Å²) in [6.07, 6.45) is -4.13. The van der Waals surface area contributed by atoms with Gasteiger partial charge < -0.3 is 9.84 Å². The van der Waals surface area contributed by atoms with Gasteiger partial charge in [-0.1, -0.05) is 18.2 Å². The molecule has 5 nitrogen and oxygen atoms in total. The minimum atomic E-state index is -5.01. The highest BCUT2D eigenvalue weighted by molar-refractivity contribution is 5.91. The van der Waals surface area contributed by atoms with E-state index in [4.69, 9.17) is 4.74 Å². The number of hydrogen-bond acceptors (Lipinski definition) is 5. The van der Waals surface area contributed by atoms with E-state index in [-0.39, 0.29) is 27.9 Å². The quantitative estimate of drug-likeness (QED) is 0.505. The van der Waals surface area contributed by atoms with Crippen molar-refractivity contribution in [2.24, 2.45) is 4.99 Å². The molecule has 2 aromatic carbocycles. The largest absolute Gasteiger partial charge is 0.496 e. The first kappa shape index (κ1) is 20.7. The van der Waals surface area contributed by atoms with Crippen LogP contribution in [-0.2, 0) is 6.42 Å². The Morgan fingerprint density at radius 3 is 2.59 bits per heavy atom. The molecule has 3 rings (SSSR count). The normalized spacial score (nSPS) is 14.3. The maximum Gasteiger partial charge on any atom is 0.422 e. The zero-order chi connectivity index (χ0) is 21.2. The lowest BCUT2D eigenvalue weighted by Crippen LogP contribution is -2.48. The molecule has 29 heavy (non-hydrogen) atoms. The van der Waals surface area contributed by atoms with Gasteiger partial charge in [-0.25, -0.2) is 14.4 Å². The molecule has 0 fully saturated rings. The number of para-hydroxylation sites is 1. The molecule has 0 spiro atoms. The number of aromatic nitrogens is 2. The summed E-state index contributed by atoms with van der Waals surface area (Å²) in [5, 5.41) is 10.6. The molecular formula is C20H17F4N3O2. The van der Waals surface area contributed by atoms with Crippen LogP contribution in [0.3, 0.4) is 0 Å². The second-order valence-corrected chi connectivity index (χ2v) is 6.41. The summed E-state index contributed by atoms with van der Waals surface area (Å²) < 4.78 is 60.1. The van der Waals surface area contributed by atoms with Gasteiger partial charge in [0.05, 0.1) is 12.8 Å². The number of ether oxygens (including phenoxy) is 1. The van der Waals surface area contributed by atoms with Crippen LogP contribution in [0.1, 0.15) is 11.4 Å². The summed E-state index contributed by atoms with van der Waals surface area (Å²) in [7, 11) is 1.33. The lowest BCUT2D eigenvalue weighted by Gasteiger charge is -2.27. The van der Waals surface area contributed by atoms with Crippen LogP contribution < -0.4 is 4.74 Å². The van der Waals surface area contributed by atoms with Gasteiger partial charge in [-0.3, -0.25) is 4.99 Å². The SMILES string of the molecule is COc1ccccc1CC(O)(/C=N\c1ccc(F)c2nc(C)ncc12)C(F)(F)F. The summed E-state index contributed by atoms with van der Waals surface area (Å²) in [6.45, 7) is 1.56. The van der Waals surface area contributed by atoms with Crippen LogP contribution in [-0.4, -0.2) is 40.2 Å². The molecule has 0 amide bonds. The topological polar surface area (TPSA) is 67.6 Å². The van der Waals surface area contributed by atoms with Gasteiger partial charge in [-0.05, 0) is 30.7 Å². The zero-order valence-electron chi connectivity index (χ0n) is 15.5. The molecule has 1 heterocycles. The maximum atomic E-state index is 14.0. The number of aliphatic imine (C=N–C) groups is 1. The van der Waals surface area contributed by atoms with E-state index in [1.54, 1.807) is 19.1 Å². The minimum Gasteiger partial charge on any atom is -0.496 e. The summed E-state index contributed by atoms with van der Waals surface area (Å²) in [4.78, 5) is 11.7. The Morgan fingerprint density at radius 1 is 1.17 bits per heavy atom. The molecule has 0 aliphatic rings. The van der Waals surface area contributed by atoms with Crippen LogP contribution in [0.15, 0.2) is 47.6 Å². The summed E-state index contributed by atoms with van der Waals surface area (Å²) in [5.41, 5.74) is -3.17. The van der Waals surface area contributed by atoms with Crippen LogP contribution in [0.2, 0.25) is 0 Å². The molecule has 0 radical (unpaired) electrons. The second kappa shape index (κ2) is 7.75. The van der Waals surface area contributed by atoms with Gasteiger partial charge in [0.2, 0.25) is 0 Å². The van der Waals surface area contributed by atoms with Crippen LogP contribution in [0.25, 0.3) is 10.9 Å². The van der Waals surface area contributed by atoms with E-state index in [1.165, 1.54) is 31.5 Å². The van der Waals surface area contributed by atoms with Crippen molar-refractivity contribution in [2.75, 3.05) is 7.11 Å². The van der Waals surface area contributed by atoms with E-state index >= 15 is 0 Å². The highest BCUT2D eigenvalue weighted by Gasteiger charge is 2.53. The minimum absolute atomic E-state index is 0.00380. The third kappa shape index (κ3) is 4.19. The van der Waals surface area contributed by atoms with Crippen LogP contribution in [0.4, 0.5) is 23.2 Å². The number of alkyl halides is 3. The van der Waals surface area contributed by atoms with Gasteiger partial charge in [0, 0.05) is 24.2 Å². The molecule has 1 atom stereocenters. The fourth-order valence-corrected chi connectivity index (χ4v) is 2.81. The van der Waals surface area contributed by atoms with E-state index in [1.807, 2.05) is 0 Å². The van der Waals surface area contributed by atoms with Crippen molar-refractivity contribution < 1.29 is 27.4 Å². The Labute approximate surface area is 163 Å². The average molecular weight is 407 g/mol. The third-order valence-corrected chi connectivity index (χ3v) is 4.36. The van der Waals surface area contributed by atoms with E-state index in [9.17, 15) is 22.7 Å². The van der Waals surface area contributed by atoms with Crippen molar-refractivity contribution in [3.8, 4) is 5.75 Å². The highest BCUT2D eigenvalue weighted by Crippen LogP contribution is 2.35. The Bertz CT molecular complexity index is 1070. The van der Waals surface area contributed by atoms with Gasteiger partial charge >= 0.3 is 6.18 Å². The van der Waals surface area contributed by atoms with Crippen LogP contribution >= 0.6 is 0 Å². The van der Waals surface area contributed by atoms with Gasteiger partial charge in [0.1, 0.15) is 22.9 Å². The number of benzene rings is 2. The number of halogens is 4. The lowest BCUT2D eigenvalue weighted by atomic mass is 9.94. The first-order chi connectivity index (χ1) is 13.6. The number of hydrogen-bond donors (Lipinski definition) is 1. The molecular weight excluding hydrogens is 390 g/mol. The number of nitrogens with zero attached hydrogens (tertiary/aromatic N) is 3. The molecule has 152 valence electrons. The van der Waals surface area contributed by atoms with E-state index in [2.05, 4.69) is 15.0 Å². The first-order valence-corrected chi connectivity index (χ1v) is 8.53. The van der Waals surface area contributed by atoms with Crippen molar-refractivity contribution in [3.63, 3.8) is 0 Å². The van der Waals surface area contributed by atoms with Crippen molar-refractivity contribution in [3.05, 3.63) is 59.8 Å². The second-order valence-electron chi connectivity index (χ2n) is 6.41. The number of methoxy groups -OCH3 is 1. The smallest absolute Gasteiger partial charge is 0.422 e. The van der Waals surface area contributed by atoms with Crippen LogP contribution in [0, 0.1) is 12.7 Å². The Balaban J connectivity index is 2.05. The number of aliphatic hydroxyl groups is 1. The van der Waals surface area contributed by atoms with Gasteiger partial charge in [0.25, 0.3) is 0 Å². The fourth-order valence-electron chi connectivity index (χ4n) is 2.81. The lowest BCUT2D eigenvalue weighted by molar-refractivity contribution is -0.228. The highest BCUT2D eigenvalue weighted by atomic mass is 19.4. The molecule has 0 aliphatic heterocycles. The molecule has 1 aromatic heterocycles. The molecule has 0 bridgehead atoms. The number of rotatable bonds is 5. The molecule has 3 aromatic rings. The zero-order valence-corrected chi connectivity index (χ0v) is 15.5. The number of aryl methyl sites for hydroxylation is 1. The first-order valence-electron chi connectivity index (χ1n) is 8.53. The summed E-state index contributed by atoms with van der Waals surface area (Å²) in [5.74, 6) is -0.135. The fraction of sp³-hybridized carbons (Fsp3) is 0.250. The standard InChI is InChI=1S/C20H17F4N3O2/c1-12-25-10-14-16(8-7-15(21)18(14)27-12)26-11-19(28,20(22,23)24)9-13-5-3-4-6-17(13)29-2/h3-8,10-11,28H,9H2,1-2H3/b26-11-. The Kier molecular flexibility index (Phi) is 5.52. The van der Waals surface area contributed by atoms with Gasteiger partial charge in [-0.15, -0.1) is 0 Å². The van der Waals surface area contributed by atoms with E-state index in [0.717, 1.165) is 6.07 Å². The third-order valence-electron chi connectivity index (χ3n) is 4.36. The van der Waals surface area contributed by atoms with Crippen molar-refractivity contribution in [1.29, 1.82) is 0 Å². The average Bonchev–Trinajstić information content (AvgIpc) is 2.67. The molecule has 0 saturated heterocycles. The van der Waals surface area contributed by atoms with Crippen molar-refractivity contribution in [2.45, 2.75) is 25.1 Å². The maximum absolute atomic E-state index is 14.0. The molecule has 9 heteroatoms. The van der Waals surface area contributed by atoms with Crippen LogP contribution in [0.5, 0.6) is 5.75 Å². The van der Waals surface area contributed by atoms with Crippen molar-refractivity contribution >= 4 is 22.8 Å². The summed E-state index contributed by atoms with van der Waals surface area (Å²) >= 11 is 0. The molecule has 0 saturated carbocycles. The predicted octanol–water partition coefficient (Wildman–Crippen LogP) is 4.32. The van der Waals surface area contributed by atoms with Gasteiger partial charge in [0.15, 0.2) is 5.60 Å². The predicted molar refractivity (Wildman–Crippen MR) is 100 cm³/mol. The van der Waals surface area contributed by atoms with Crippen molar-refractivity contribution in [1.82, 2.24) is 9.97 Å². The molecule has 0 aliphatic carbocycles. The van der Waals surface area contributed by atoms with E-state index < -0.39 is 24.0 Å².